The molecule has 3 aromatic rings. The Labute approximate surface area is 203 Å². The maximum atomic E-state index is 14.3. The number of hydrogen-bond acceptors (Lipinski definition) is 6. The van der Waals surface area contributed by atoms with E-state index in [4.69, 9.17) is 9.47 Å². The molecule has 0 spiro atoms. The highest BCUT2D eigenvalue weighted by molar-refractivity contribution is 7.92. The number of carbonyl (C=O) groups excluding carboxylic acids is 1. The first-order chi connectivity index (χ1) is 16.6. The number of amides is 1. The second-order valence-corrected chi connectivity index (χ2v) is 9.62. The smallest absolute Gasteiger partial charge is 0.260 e. The largest absolute Gasteiger partial charge is 0.497 e. The number of hydrazone groups is 1. The molecule has 0 saturated heterocycles. The number of carbonyl (C=O) groups is 1. The van der Waals surface area contributed by atoms with Gasteiger partial charge in [0, 0.05) is 23.0 Å². The van der Waals surface area contributed by atoms with Gasteiger partial charge in [-0.3, -0.25) is 9.10 Å². The molecule has 1 N–H and O–H groups in total. The number of sulfonamides is 1. The average molecular weight is 503 g/mol. The van der Waals surface area contributed by atoms with Gasteiger partial charge in [-0.1, -0.05) is 12.1 Å². The Morgan fingerprint density at radius 1 is 1.14 bits per heavy atom. The van der Waals surface area contributed by atoms with Crippen molar-refractivity contribution in [1.29, 1.82) is 0 Å². The second-order valence-electron chi connectivity index (χ2n) is 7.71. The number of halogens is 1. The number of benzene rings is 2. The van der Waals surface area contributed by atoms with Crippen molar-refractivity contribution in [3.05, 3.63) is 71.3 Å². The van der Waals surface area contributed by atoms with Gasteiger partial charge in [-0.05, 0) is 44.2 Å². The molecule has 0 aliphatic heterocycles. The van der Waals surface area contributed by atoms with Gasteiger partial charge in [-0.25, -0.2) is 18.2 Å². The Morgan fingerprint density at radius 2 is 1.86 bits per heavy atom. The summed E-state index contributed by atoms with van der Waals surface area (Å²) < 4.78 is 52.3. The summed E-state index contributed by atoms with van der Waals surface area (Å²) in [6, 6.07) is 12.9. The molecule has 0 fully saturated rings. The minimum absolute atomic E-state index is 0.155. The molecular formula is C24H27FN4O5S. The van der Waals surface area contributed by atoms with E-state index in [1.54, 1.807) is 41.0 Å². The maximum Gasteiger partial charge on any atom is 0.260 e. The maximum absolute atomic E-state index is 14.3. The molecule has 0 bridgehead atoms. The first-order valence-electron chi connectivity index (χ1n) is 10.5. The highest BCUT2D eigenvalue weighted by Gasteiger charge is 2.24. The number of nitrogens with zero attached hydrogens (tertiary/aromatic N) is 3. The Bertz CT molecular complexity index is 1370. The van der Waals surface area contributed by atoms with E-state index in [0.717, 1.165) is 21.9 Å². The molecular weight excluding hydrogens is 475 g/mol. The van der Waals surface area contributed by atoms with Crippen LogP contribution in [0, 0.1) is 19.7 Å². The first kappa shape index (κ1) is 25.8. The van der Waals surface area contributed by atoms with E-state index < -0.39 is 22.5 Å². The number of para-hydroxylation sites is 1. The fourth-order valence-electron chi connectivity index (χ4n) is 3.63. The van der Waals surface area contributed by atoms with Crippen LogP contribution in [0.1, 0.15) is 17.0 Å². The van der Waals surface area contributed by atoms with Crippen LogP contribution in [-0.4, -0.2) is 52.1 Å². The van der Waals surface area contributed by atoms with Gasteiger partial charge in [0.05, 0.1) is 38.1 Å². The van der Waals surface area contributed by atoms with Crippen LogP contribution >= 0.6 is 0 Å². The van der Waals surface area contributed by atoms with Crippen LogP contribution in [0.3, 0.4) is 0 Å². The zero-order chi connectivity index (χ0) is 25.8. The van der Waals surface area contributed by atoms with Crippen molar-refractivity contribution in [2.75, 3.05) is 31.3 Å². The molecule has 9 nitrogen and oxygen atoms in total. The lowest BCUT2D eigenvalue weighted by atomic mass is 10.2. The molecule has 0 aliphatic carbocycles. The molecule has 0 saturated carbocycles. The molecule has 0 aliphatic rings. The summed E-state index contributed by atoms with van der Waals surface area (Å²) in [4.78, 5) is 12.6. The van der Waals surface area contributed by atoms with E-state index in [0.29, 0.717) is 17.0 Å². The molecule has 3 rings (SSSR count). The van der Waals surface area contributed by atoms with E-state index in [9.17, 15) is 17.6 Å². The van der Waals surface area contributed by atoms with E-state index >= 15 is 0 Å². The number of ether oxygens (including phenoxy) is 2. The van der Waals surface area contributed by atoms with Gasteiger partial charge in [0.15, 0.2) is 0 Å². The van der Waals surface area contributed by atoms with E-state index in [1.807, 2.05) is 13.8 Å². The van der Waals surface area contributed by atoms with Gasteiger partial charge < -0.3 is 14.0 Å². The highest BCUT2D eigenvalue weighted by atomic mass is 32.2. The fourth-order valence-corrected chi connectivity index (χ4v) is 4.49. The monoisotopic (exact) mass is 502 g/mol. The summed E-state index contributed by atoms with van der Waals surface area (Å²) >= 11 is 0. The molecule has 2 aromatic carbocycles. The van der Waals surface area contributed by atoms with Crippen molar-refractivity contribution in [3.8, 4) is 17.2 Å². The Morgan fingerprint density at radius 3 is 2.49 bits per heavy atom. The van der Waals surface area contributed by atoms with Crippen molar-refractivity contribution in [1.82, 2.24) is 9.99 Å². The van der Waals surface area contributed by atoms with Crippen molar-refractivity contribution in [3.63, 3.8) is 0 Å². The summed E-state index contributed by atoms with van der Waals surface area (Å²) in [6.07, 6.45) is 2.41. The average Bonchev–Trinajstić information content (AvgIpc) is 3.09. The molecule has 1 amide bonds. The predicted molar refractivity (Wildman–Crippen MR) is 133 cm³/mol. The van der Waals surface area contributed by atoms with E-state index in [1.165, 1.54) is 32.6 Å². The molecule has 35 heavy (non-hydrogen) atoms. The Kier molecular flexibility index (Phi) is 7.80. The normalized spacial score (nSPS) is 11.5. The third-order valence-corrected chi connectivity index (χ3v) is 6.43. The summed E-state index contributed by atoms with van der Waals surface area (Å²) in [5, 5.41) is 3.97. The number of methoxy groups -OCH3 is 2. The van der Waals surface area contributed by atoms with Gasteiger partial charge in [0.25, 0.3) is 5.91 Å². The third kappa shape index (κ3) is 5.80. The molecule has 0 unspecified atom stereocenters. The molecule has 1 aromatic heterocycles. The van der Waals surface area contributed by atoms with Crippen molar-refractivity contribution >= 4 is 27.8 Å². The standard InChI is InChI=1S/C24H27FN4O5S/c1-16-12-18(17(2)29(16)21-9-7-6-8-20(21)25)14-26-27-24(30)15-28(35(5,31)32)22-13-19(33-3)10-11-23(22)34-4/h6-14H,15H2,1-5H3,(H,27,30)/b26-14-. The highest BCUT2D eigenvalue weighted by Crippen LogP contribution is 2.33. The topological polar surface area (TPSA) is 102 Å². The third-order valence-electron chi connectivity index (χ3n) is 5.30. The number of hydrogen-bond donors (Lipinski definition) is 1. The van der Waals surface area contributed by atoms with Crippen LogP contribution in [0.25, 0.3) is 5.69 Å². The summed E-state index contributed by atoms with van der Waals surface area (Å²) in [5.74, 6) is -0.370. The number of aryl methyl sites for hydroxylation is 1. The number of aromatic nitrogens is 1. The second kappa shape index (κ2) is 10.6. The van der Waals surface area contributed by atoms with E-state index in [2.05, 4.69) is 10.5 Å². The van der Waals surface area contributed by atoms with Gasteiger partial charge >= 0.3 is 0 Å². The van der Waals surface area contributed by atoms with Gasteiger partial charge in [0.2, 0.25) is 10.0 Å². The van der Waals surface area contributed by atoms with Crippen LogP contribution in [0.5, 0.6) is 11.5 Å². The van der Waals surface area contributed by atoms with E-state index in [-0.39, 0.29) is 17.3 Å². The van der Waals surface area contributed by atoms with Crippen LogP contribution in [-0.2, 0) is 14.8 Å². The summed E-state index contributed by atoms with van der Waals surface area (Å²) in [6.45, 7) is 3.11. The van der Waals surface area contributed by atoms with Gasteiger partial charge in [0.1, 0.15) is 23.9 Å². The van der Waals surface area contributed by atoms with Gasteiger partial charge in [-0.2, -0.15) is 5.10 Å². The zero-order valence-corrected chi connectivity index (χ0v) is 20.9. The Balaban J connectivity index is 1.80. The van der Waals surface area contributed by atoms with Gasteiger partial charge in [-0.15, -0.1) is 0 Å². The number of rotatable bonds is 9. The number of nitrogens with one attached hydrogen (secondary N) is 1. The van der Waals surface area contributed by atoms with Crippen molar-refractivity contribution < 1.29 is 27.1 Å². The molecule has 11 heteroatoms. The SMILES string of the molecule is COc1ccc(OC)c(N(CC(=O)N/N=C\c2cc(C)n(-c3ccccc3F)c2C)S(C)(=O)=O)c1. The van der Waals surface area contributed by atoms with Crippen LogP contribution in [0.4, 0.5) is 10.1 Å². The zero-order valence-electron chi connectivity index (χ0n) is 20.1. The fraction of sp³-hybridized carbons (Fsp3) is 0.250. The lowest BCUT2D eigenvalue weighted by molar-refractivity contribution is -0.119. The quantitative estimate of drug-likeness (QED) is 0.358. The molecule has 0 radical (unpaired) electrons. The summed E-state index contributed by atoms with van der Waals surface area (Å²) in [7, 11) is -1.00. The minimum atomic E-state index is -3.85. The number of anilines is 1. The summed E-state index contributed by atoms with van der Waals surface area (Å²) in [5.41, 5.74) is 5.08. The Hall–Kier alpha value is -3.86. The van der Waals surface area contributed by atoms with Crippen LogP contribution in [0.2, 0.25) is 0 Å². The lowest BCUT2D eigenvalue weighted by Crippen LogP contribution is -2.39. The van der Waals surface area contributed by atoms with Crippen molar-refractivity contribution in [2.24, 2.45) is 5.10 Å². The van der Waals surface area contributed by atoms with Crippen LogP contribution in [0.15, 0.2) is 53.6 Å². The lowest BCUT2D eigenvalue weighted by Gasteiger charge is -2.23. The first-order valence-corrected chi connectivity index (χ1v) is 12.4. The molecule has 1 heterocycles. The van der Waals surface area contributed by atoms with Crippen LogP contribution < -0.4 is 19.2 Å². The van der Waals surface area contributed by atoms with Crippen molar-refractivity contribution in [2.45, 2.75) is 13.8 Å². The minimum Gasteiger partial charge on any atom is -0.497 e. The molecule has 0 atom stereocenters. The predicted octanol–water partition coefficient (Wildman–Crippen LogP) is 3.17. The molecule has 186 valence electrons.